The van der Waals surface area contributed by atoms with Gasteiger partial charge in [-0.2, -0.15) is 10.6 Å². The fourth-order valence-electron chi connectivity index (χ4n) is 2.03. The van der Waals surface area contributed by atoms with Crippen LogP contribution < -0.4 is 5.48 Å². The molecule has 0 bridgehead atoms. The zero-order valence-corrected chi connectivity index (χ0v) is 10.2. The first-order valence-corrected chi connectivity index (χ1v) is 5.52. The third-order valence-electron chi connectivity index (χ3n) is 3.11. The molecule has 1 heterocycles. The van der Waals surface area contributed by atoms with Gasteiger partial charge in [-0.25, -0.2) is 5.01 Å². The van der Waals surface area contributed by atoms with Gasteiger partial charge in [0.05, 0.1) is 6.61 Å². The van der Waals surface area contributed by atoms with Crippen LogP contribution in [-0.4, -0.2) is 39.5 Å². The Hall–Kier alpha value is -1.76. The van der Waals surface area contributed by atoms with Crippen molar-refractivity contribution in [3.63, 3.8) is 0 Å². The summed E-state index contributed by atoms with van der Waals surface area (Å²) in [5.41, 5.74) is 2.41. The average molecular weight is 249 g/mol. The number of hydroxylamine groups is 1. The highest BCUT2D eigenvalue weighted by Gasteiger charge is 2.47. The Morgan fingerprint density at radius 3 is 2.72 bits per heavy atom. The zero-order valence-electron chi connectivity index (χ0n) is 10.2. The number of benzene rings is 1. The molecule has 0 fully saturated rings. The number of rotatable bonds is 3. The van der Waals surface area contributed by atoms with Gasteiger partial charge in [-0.15, -0.1) is 0 Å². The second kappa shape index (κ2) is 4.49. The summed E-state index contributed by atoms with van der Waals surface area (Å²) in [7, 11) is 1.52. The molecule has 18 heavy (non-hydrogen) atoms. The maximum absolute atomic E-state index is 12.0. The van der Waals surface area contributed by atoms with Crippen molar-refractivity contribution >= 4 is 11.6 Å². The largest absolute Gasteiger partial charge is 0.392 e. The monoisotopic (exact) mass is 249 g/mol. The highest BCUT2D eigenvalue weighted by molar-refractivity contribution is 6.23. The number of aliphatic hydroxyl groups excluding tert-OH is 1. The minimum atomic E-state index is -1.29. The van der Waals surface area contributed by atoms with Crippen LogP contribution in [0.4, 0.5) is 0 Å². The molecule has 0 saturated heterocycles. The number of carbonyl (C=O) groups is 1. The van der Waals surface area contributed by atoms with Crippen molar-refractivity contribution < 1.29 is 15.1 Å². The van der Waals surface area contributed by atoms with Gasteiger partial charge in [0, 0.05) is 12.6 Å². The van der Waals surface area contributed by atoms with E-state index in [2.05, 4.69) is 5.10 Å². The Morgan fingerprint density at radius 1 is 1.44 bits per heavy atom. The summed E-state index contributed by atoms with van der Waals surface area (Å²) >= 11 is 0. The van der Waals surface area contributed by atoms with Gasteiger partial charge in [0.25, 0.3) is 5.91 Å². The molecular formula is C12H15N3O3. The average Bonchev–Trinajstić information content (AvgIpc) is 2.63. The molecule has 0 radical (unpaired) electrons. The van der Waals surface area contributed by atoms with E-state index in [9.17, 15) is 15.1 Å². The van der Waals surface area contributed by atoms with Crippen LogP contribution in [0.1, 0.15) is 18.1 Å². The van der Waals surface area contributed by atoms with Crippen LogP contribution >= 0.6 is 0 Å². The van der Waals surface area contributed by atoms with Crippen LogP contribution in [0.25, 0.3) is 0 Å². The Balaban J connectivity index is 2.56. The first kappa shape index (κ1) is 12.7. The lowest BCUT2D eigenvalue weighted by Gasteiger charge is -2.22. The smallest absolute Gasteiger partial charge is 0.270 e. The third-order valence-corrected chi connectivity index (χ3v) is 3.11. The number of carbonyl (C=O) groups excluding carboxylic acids is 1. The summed E-state index contributed by atoms with van der Waals surface area (Å²) < 4.78 is 0. The SMILES string of the molecule is CN1N=C(c2ccccc2CO)C(C)(NO)C1=O. The molecule has 1 aromatic rings. The number of likely N-dealkylation sites (N-methyl/N-ethyl adjacent to an activating group) is 1. The van der Waals surface area contributed by atoms with Crippen LogP contribution in [0.3, 0.4) is 0 Å². The number of hydrogen-bond donors (Lipinski definition) is 3. The molecule has 96 valence electrons. The highest BCUT2D eigenvalue weighted by Crippen LogP contribution is 2.25. The summed E-state index contributed by atoms with van der Waals surface area (Å²) in [5, 5.41) is 23.9. The van der Waals surface area contributed by atoms with E-state index in [4.69, 9.17) is 0 Å². The van der Waals surface area contributed by atoms with Gasteiger partial charge >= 0.3 is 0 Å². The van der Waals surface area contributed by atoms with E-state index in [0.717, 1.165) is 0 Å². The predicted octanol–water partition coefficient (Wildman–Crippen LogP) is 0.0925. The summed E-state index contributed by atoms with van der Waals surface area (Å²) in [5.74, 6) is -0.354. The molecule has 6 heteroatoms. The van der Waals surface area contributed by atoms with E-state index in [1.165, 1.54) is 12.1 Å². The number of amides is 1. The van der Waals surface area contributed by atoms with Crippen molar-refractivity contribution in [2.45, 2.75) is 19.1 Å². The van der Waals surface area contributed by atoms with E-state index in [-0.39, 0.29) is 12.5 Å². The number of hydrazone groups is 1. The summed E-state index contributed by atoms with van der Waals surface area (Å²) in [4.78, 5) is 12.0. The van der Waals surface area contributed by atoms with Crippen LogP contribution in [0.15, 0.2) is 29.4 Å². The van der Waals surface area contributed by atoms with Gasteiger partial charge in [-0.05, 0) is 12.5 Å². The van der Waals surface area contributed by atoms with Gasteiger partial charge in [-0.3, -0.25) is 4.79 Å². The molecule has 1 unspecified atom stereocenters. The first-order chi connectivity index (χ1) is 8.54. The lowest BCUT2D eigenvalue weighted by molar-refractivity contribution is -0.134. The van der Waals surface area contributed by atoms with Crippen LogP contribution in [0, 0.1) is 0 Å². The van der Waals surface area contributed by atoms with Gasteiger partial charge in [0.2, 0.25) is 0 Å². The molecule has 2 rings (SSSR count). The molecule has 1 atom stereocenters. The highest BCUT2D eigenvalue weighted by atomic mass is 16.5. The molecule has 0 aliphatic carbocycles. The molecular weight excluding hydrogens is 234 g/mol. The normalized spacial score (nSPS) is 23.4. The molecule has 0 aromatic heterocycles. The summed E-state index contributed by atoms with van der Waals surface area (Å²) in [6, 6.07) is 7.09. The lowest BCUT2D eigenvalue weighted by atomic mass is 9.89. The van der Waals surface area contributed by atoms with E-state index in [1.54, 1.807) is 31.2 Å². The number of aliphatic hydroxyl groups is 1. The van der Waals surface area contributed by atoms with Crippen molar-refractivity contribution in [2.75, 3.05) is 7.05 Å². The van der Waals surface area contributed by atoms with Crippen molar-refractivity contribution in [3.8, 4) is 0 Å². The molecule has 1 aromatic carbocycles. The predicted molar refractivity (Wildman–Crippen MR) is 65.0 cm³/mol. The minimum Gasteiger partial charge on any atom is -0.392 e. The summed E-state index contributed by atoms with van der Waals surface area (Å²) in [6.45, 7) is 1.39. The fourth-order valence-corrected chi connectivity index (χ4v) is 2.03. The zero-order chi connectivity index (χ0) is 13.3. The quantitative estimate of drug-likeness (QED) is 0.663. The first-order valence-electron chi connectivity index (χ1n) is 5.52. The Labute approximate surface area is 104 Å². The maximum Gasteiger partial charge on any atom is 0.270 e. The Morgan fingerprint density at radius 2 is 2.11 bits per heavy atom. The van der Waals surface area contributed by atoms with Crippen LogP contribution in [0.2, 0.25) is 0 Å². The van der Waals surface area contributed by atoms with Crippen molar-refractivity contribution in [3.05, 3.63) is 35.4 Å². The van der Waals surface area contributed by atoms with E-state index >= 15 is 0 Å². The molecule has 1 aliphatic heterocycles. The number of nitrogens with zero attached hydrogens (tertiary/aromatic N) is 2. The molecule has 0 saturated carbocycles. The van der Waals surface area contributed by atoms with E-state index in [1.807, 2.05) is 5.48 Å². The van der Waals surface area contributed by atoms with Crippen molar-refractivity contribution in [1.82, 2.24) is 10.5 Å². The van der Waals surface area contributed by atoms with Crippen molar-refractivity contribution in [2.24, 2.45) is 5.10 Å². The Bertz CT molecular complexity index is 515. The lowest BCUT2D eigenvalue weighted by Crippen LogP contribution is -2.54. The minimum absolute atomic E-state index is 0.158. The second-order valence-electron chi connectivity index (χ2n) is 4.33. The molecule has 6 nitrogen and oxygen atoms in total. The standard InChI is InChI=1S/C12H15N3O3/c1-12(14-18)10(13-15(2)11(12)17)9-6-4-3-5-8(9)7-16/h3-6,14,16,18H,7H2,1-2H3. The fraction of sp³-hybridized carbons (Fsp3) is 0.333. The molecule has 0 spiro atoms. The van der Waals surface area contributed by atoms with E-state index < -0.39 is 5.54 Å². The van der Waals surface area contributed by atoms with Gasteiger partial charge in [0.1, 0.15) is 5.71 Å². The van der Waals surface area contributed by atoms with Crippen molar-refractivity contribution in [1.29, 1.82) is 0 Å². The molecule has 3 N–H and O–H groups in total. The van der Waals surface area contributed by atoms with Crippen LogP contribution in [-0.2, 0) is 11.4 Å². The molecule has 1 amide bonds. The van der Waals surface area contributed by atoms with Gasteiger partial charge in [0.15, 0.2) is 5.54 Å². The second-order valence-corrected chi connectivity index (χ2v) is 4.33. The van der Waals surface area contributed by atoms with Gasteiger partial charge < -0.3 is 10.3 Å². The Kier molecular flexibility index (Phi) is 3.16. The topological polar surface area (TPSA) is 85.2 Å². The van der Waals surface area contributed by atoms with E-state index in [0.29, 0.717) is 16.8 Å². The summed E-state index contributed by atoms with van der Waals surface area (Å²) in [6.07, 6.45) is 0. The maximum atomic E-state index is 12.0. The number of nitrogens with one attached hydrogen (secondary N) is 1. The third kappa shape index (κ3) is 1.71. The van der Waals surface area contributed by atoms with Gasteiger partial charge in [-0.1, -0.05) is 24.3 Å². The van der Waals surface area contributed by atoms with Crippen LogP contribution in [0.5, 0.6) is 0 Å². The molecule has 1 aliphatic rings. The number of hydrogen-bond acceptors (Lipinski definition) is 5.